The number of hydrogen-bond acceptors (Lipinski definition) is 3. The summed E-state index contributed by atoms with van der Waals surface area (Å²) in [5, 5.41) is 10.4. The molecule has 0 aromatic heterocycles. The van der Waals surface area contributed by atoms with Gasteiger partial charge in [-0.3, -0.25) is 0 Å². The highest BCUT2D eigenvalue weighted by Gasteiger charge is 2.36. The fourth-order valence-corrected chi connectivity index (χ4v) is 2.73. The molecular formula is C12H22O3. The Bertz CT molecular complexity index is 191. The van der Waals surface area contributed by atoms with Crippen LogP contribution < -0.4 is 0 Å². The molecule has 3 nitrogen and oxygen atoms in total. The van der Waals surface area contributed by atoms with E-state index in [1.54, 1.807) is 0 Å². The molecule has 0 aromatic rings. The van der Waals surface area contributed by atoms with Crippen molar-refractivity contribution in [2.45, 2.75) is 38.2 Å². The molecule has 3 heteroatoms. The predicted octanol–water partition coefficient (Wildman–Crippen LogP) is 1.59. The van der Waals surface area contributed by atoms with E-state index in [-0.39, 0.29) is 0 Å². The van der Waals surface area contributed by atoms with Gasteiger partial charge in [-0.15, -0.1) is 0 Å². The molecular weight excluding hydrogens is 192 g/mol. The van der Waals surface area contributed by atoms with Crippen molar-refractivity contribution < 1.29 is 14.6 Å². The van der Waals surface area contributed by atoms with Crippen molar-refractivity contribution >= 4 is 0 Å². The summed E-state index contributed by atoms with van der Waals surface area (Å²) in [6.45, 7) is 5.25. The molecule has 88 valence electrons. The van der Waals surface area contributed by atoms with E-state index in [9.17, 15) is 5.11 Å². The van der Waals surface area contributed by atoms with Crippen LogP contribution in [0.3, 0.4) is 0 Å². The first-order chi connectivity index (χ1) is 7.18. The predicted molar refractivity (Wildman–Crippen MR) is 57.7 cm³/mol. The van der Waals surface area contributed by atoms with E-state index >= 15 is 0 Å². The Morgan fingerprint density at radius 1 is 1.13 bits per heavy atom. The minimum atomic E-state index is -0.543. The molecule has 0 amide bonds. The smallest absolute Gasteiger partial charge is 0.0673 e. The lowest BCUT2D eigenvalue weighted by molar-refractivity contribution is -0.0413. The van der Waals surface area contributed by atoms with Gasteiger partial charge in [-0.2, -0.15) is 0 Å². The van der Waals surface area contributed by atoms with Gasteiger partial charge in [-0.05, 0) is 38.5 Å². The van der Waals surface area contributed by atoms with E-state index in [2.05, 4.69) is 0 Å². The molecule has 2 heterocycles. The average Bonchev–Trinajstić information content (AvgIpc) is 2.71. The molecule has 0 spiro atoms. The summed E-state index contributed by atoms with van der Waals surface area (Å²) in [4.78, 5) is 0. The van der Waals surface area contributed by atoms with Gasteiger partial charge in [0, 0.05) is 25.7 Å². The van der Waals surface area contributed by atoms with Crippen LogP contribution in [-0.4, -0.2) is 37.1 Å². The first-order valence-electron chi connectivity index (χ1n) is 6.06. The van der Waals surface area contributed by atoms with Crippen molar-refractivity contribution in [2.75, 3.05) is 26.4 Å². The Morgan fingerprint density at radius 3 is 2.40 bits per heavy atom. The van der Waals surface area contributed by atoms with Crippen LogP contribution >= 0.6 is 0 Å². The van der Waals surface area contributed by atoms with Gasteiger partial charge >= 0.3 is 0 Å². The summed E-state index contributed by atoms with van der Waals surface area (Å²) in [6, 6.07) is 0. The lowest BCUT2D eigenvalue weighted by Gasteiger charge is -2.34. The van der Waals surface area contributed by atoms with Crippen LogP contribution in [0.5, 0.6) is 0 Å². The van der Waals surface area contributed by atoms with E-state index in [1.807, 2.05) is 6.92 Å². The quantitative estimate of drug-likeness (QED) is 0.775. The topological polar surface area (TPSA) is 38.7 Å². The average molecular weight is 214 g/mol. The zero-order chi connectivity index (χ0) is 10.7. The van der Waals surface area contributed by atoms with Crippen LogP contribution in [0.15, 0.2) is 0 Å². The Labute approximate surface area is 91.8 Å². The zero-order valence-corrected chi connectivity index (χ0v) is 9.58. The van der Waals surface area contributed by atoms with Crippen molar-refractivity contribution in [3.8, 4) is 0 Å². The van der Waals surface area contributed by atoms with Gasteiger partial charge < -0.3 is 14.6 Å². The molecule has 2 atom stereocenters. The summed E-state index contributed by atoms with van der Waals surface area (Å²) >= 11 is 0. The Hall–Kier alpha value is -0.120. The van der Waals surface area contributed by atoms with Gasteiger partial charge in [0.25, 0.3) is 0 Å². The SMILES string of the molecule is CC(O)(CC1CCOCC1)C1CCOC1. The van der Waals surface area contributed by atoms with Gasteiger partial charge in [-0.25, -0.2) is 0 Å². The van der Waals surface area contributed by atoms with Crippen LogP contribution in [0, 0.1) is 11.8 Å². The first kappa shape index (κ1) is 11.4. The van der Waals surface area contributed by atoms with E-state index in [0.29, 0.717) is 11.8 Å². The van der Waals surface area contributed by atoms with Gasteiger partial charge in [0.05, 0.1) is 12.2 Å². The summed E-state index contributed by atoms with van der Waals surface area (Å²) in [5.74, 6) is 0.967. The van der Waals surface area contributed by atoms with E-state index in [0.717, 1.165) is 52.1 Å². The lowest BCUT2D eigenvalue weighted by atomic mass is 9.79. The second-order valence-electron chi connectivity index (χ2n) is 5.18. The first-order valence-corrected chi connectivity index (χ1v) is 6.06. The van der Waals surface area contributed by atoms with Crippen molar-refractivity contribution in [3.05, 3.63) is 0 Å². The monoisotopic (exact) mass is 214 g/mol. The summed E-state index contributed by atoms with van der Waals surface area (Å²) in [5.41, 5.74) is -0.543. The minimum Gasteiger partial charge on any atom is -0.390 e. The highest BCUT2D eigenvalue weighted by atomic mass is 16.5. The molecule has 2 saturated heterocycles. The highest BCUT2D eigenvalue weighted by molar-refractivity contribution is 4.87. The third kappa shape index (κ3) is 2.92. The number of aliphatic hydroxyl groups is 1. The van der Waals surface area contributed by atoms with E-state index < -0.39 is 5.60 Å². The number of hydrogen-bond donors (Lipinski definition) is 1. The van der Waals surface area contributed by atoms with Gasteiger partial charge in [-0.1, -0.05) is 0 Å². The summed E-state index contributed by atoms with van der Waals surface area (Å²) in [7, 11) is 0. The molecule has 15 heavy (non-hydrogen) atoms. The molecule has 2 fully saturated rings. The maximum Gasteiger partial charge on any atom is 0.0673 e. The second kappa shape index (κ2) is 4.81. The summed E-state index contributed by atoms with van der Waals surface area (Å²) < 4.78 is 10.7. The third-order valence-corrected chi connectivity index (χ3v) is 3.85. The molecule has 2 aliphatic heterocycles. The maximum absolute atomic E-state index is 10.4. The van der Waals surface area contributed by atoms with Crippen molar-refractivity contribution in [3.63, 3.8) is 0 Å². The van der Waals surface area contributed by atoms with Crippen molar-refractivity contribution in [2.24, 2.45) is 11.8 Å². The molecule has 0 bridgehead atoms. The second-order valence-corrected chi connectivity index (χ2v) is 5.18. The zero-order valence-electron chi connectivity index (χ0n) is 9.58. The molecule has 0 radical (unpaired) electrons. The Kier molecular flexibility index (Phi) is 3.65. The standard InChI is InChI=1S/C12H22O3/c1-12(13,11-4-7-15-9-11)8-10-2-5-14-6-3-10/h10-11,13H,2-9H2,1H3. The van der Waals surface area contributed by atoms with Gasteiger partial charge in [0.15, 0.2) is 0 Å². The van der Waals surface area contributed by atoms with Crippen LogP contribution in [-0.2, 0) is 9.47 Å². The largest absolute Gasteiger partial charge is 0.390 e. The van der Waals surface area contributed by atoms with Crippen molar-refractivity contribution in [1.29, 1.82) is 0 Å². The van der Waals surface area contributed by atoms with Crippen LogP contribution in [0.1, 0.15) is 32.6 Å². The number of ether oxygens (including phenoxy) is 2. The molecule has 2 aliphatic rings. The van der Waals surface area contributed by atoms with Gasteiger partial charge in [0.1, 0.15) is 0 Å². The fraction of sp³-hybridized carbons (Fsp3) is 1.00. The normalized spacial score (nSPS) is 32.8. The molecule has 2 unspecified atom stereocenters. The van der Waals surface area contributed by atoms with Crippen LogP contribution in [0.4, 0.5) is 0 Å². The Balaban J connectivity index is 1.84. The number of rotatable bonds is 3. The van der Waals surface area contributed by atoms with E-state index in [4.69, 9.17) is 9.47 Å². The third-order valence-electron chi connectivity index (χ3n) is 3.85. The van der Waals surface area contributed by atoms with E-state index in [1.165, 1.54) is 0 Å². The molecule has 0 saturated carbocycles. The summed E-state index contributed by atoms with van der Waals surface area (Å²) in [6.07, 6.45) is 4.12. The fourth-order valence-electron chi connectivity index (χ4n) is 2.73. The van der Waals surface area contributed by atoms with Gasteiger partial charge in [0.2, 0.25) is 0 Å². The molecule has 2 rings (SSSR count). The molecule has 1 N–H and O–H groups in total. The van der Waals surface area contributed by atoms with Crippen LogP contribution in [0.25, 0.3) is 0 Å². The highest BCUT2D eigenvalue weighted by Crippen LogP contribution is 2.34. The molecule has 0 aliphatic carbocycles. The minimum absolute atomic E-state index is 0.334. The Morgan fingerprint density at radius 2 is 1.80 bits per heavy atom. The lowest BCUT2D eigenvalue weighted by Crippen LogP contribution is -2.38. The van der Waals surface area contributed by atoms with Crippen LogP contribution in [0.2, 0.25) is 0 Å². The molecule has 0 aromatic carbocycles. The maximum atomic E-state index is 10.4. The van der Waals surface area contributed by atoms with Crippen molar-refractivity contribution in [1.82, 2.24) is 0 Å².